The van der Waals surface area contributed by atoms with Gasteiger partial charge in [0.25, 0.3) is 0 Å². The number of benzene rings is 1. The summed E-state index contributed by atoms with van der Waals surface area (Å²) < 4.78 is 5.85. The Balaban J connectivity index is 2.62. The molecule has 1 aromatic heterocycles. The number of nitriles is 1. The van der Waals surface area contributed by atoms with Crippen molar-refractivity contribution in [1.29, 1.82) is 5.26 Å². The van der Waals surface area contributed by atoms with Gasteiger partial charge in [-0.25, -0.2) is 4.79 Å². The van der Waals surface area contributed by atoms with E-state index in [1.165, 1.54) is 11.3 Å². The molecule has 0 aliphatic rings. The third-order valence-corrected chi connectivity index (χ3v) is 3.32. The molecule has 4 heteroatoms. The van der Waals surface area contributed by atoms with Crippen molar-refractivity contribution in [1.82, 2.24) is 0 Å². The molecule has 0 spiro atoms. The Kier molecular flexibility index (Phi) is 2.88. The Hall–Kier alpha value is -1.86. The summed E-state index contributed by atoms with van der Waals surface area (Å²) in [6.07, 6.45) is 0. The maximum atomic E-state index is 11.6. The van der Waals surface area contributed by atoms with Gasteiger partial charge in [-0.05, 0) is 13.0 Å². The number of hydrogen-bond acceptors (Lipinski definition) is 4. The van der Waals surface area contributed by atoms with Gasteiger partial charge >= 0.3 is 5.97 Å². The number of thiophene rings is 1. The first-order chi connectivity index (χ1) is 7.77. The van der Waals surface area contributed by atoms with E-state index in [2.05, 4.69) is 6.07 Å². The van der Waals surface area contributed by atoms with E-state index in [9.17, 15) is 4.79 Å². The predicted octanol–water partition coefficient (Wildman–Crippen LogP) is 2.95. The second kappa shape index (κ2) is 4.33. The molecule has 0 saturated heterocycles. The Morgan fingerprint density at radius 2 is 2.25 bits per heavy atom. The lowest BCUT2D eigenvalue weighted by molar-refractivity contribution is 0.0532. The zero-order valence-electron chi connectivity index (χ0n) is 8.69. The summed E-state index contributed by atoms with van der Waals surface area (Å²) >= 11 is 1.30. The molecule has 2 rings (SSSR count). The van der Waals surface area contributed by atoms with Crippen LogP contribution in [0.15, 0.2) is 24.3 Å². The van der Waals surface area contributed by atoms with Crippen LogP contribution >= 0.6 is 11.3 Å². The molecule has 3 nitrogen and oxygen atoms in total. The third-order valence-electron chi connectivity index (χ3n) is 2.17. The van der Waals surface area contributed by atoms with Crippen LogP contribution in [0.25, 0.3) is 10.1 Å². The monoisotopic (exact) mass is 231 g/mol. The van der Waals surface area contributed by atoms with Crippen LogP contribution in [0.5, 0.6) is 0 Å². The fraction of sp³-hybridized carbons (Fsp3) is 0.167. The molecular formula is C12H9NO2S. The molecule has 0 aliphatic carbocycles. The second-order valence-electron chi connectivity index (χ2n) is 3.13. The number of rotatable bonds is 2. The molecule has 0 amide bonds. The average Bonchev–Trinajstić information content (AvgIpc) is 2.67. The lowest BCUT2D eigenvalue weighted by Gasteiger charge is -1.97. The highest BCUT2D eigenvalue weighted by Gasteiger charge is 2.18. The van der Waals surface area contributed by atoms with Gasteiger partial charge < -0.3 is 4.74 Å². The zero-order valence-corrected chi connectivity index (χ0v) is 9.50. The van der Waals surface area contributed by atoms with E-state index in [-0.39, 0.29) is 0 Å². The van der Waals surface area contributed by atoms with E-state index >= 15 is 0 Å². The SMILES string of the molecule is CCOC(=O)c1sc2ccccc2c1C#N. The topological polar surface area (TPSA) is 50.1 Å². The van der Waals surface area contributed by atoms with E-state index < -0.39 is 5.97 Å². The van der Waals surface area contributed by atoms with Crippen molar-refractivity contribution in [3.8, 4) is 6.07 Å². The number of carbonyl (C=O) groups is 1. The highest BCUT2D eigenvalue weighted by Crippen LogP contribution is 2.31. The molecule has 1 heterocycles. The van der Waals surface area contributed by atoms with Crippen LogP contribution in [0.4, 0.5) is 0 Å². The van der Waals surface area contributed by atoms with Crippen molar-refractivity contribution in [2.24, 2.45) is 0 Å². The van der Waals surface area contributed by atoms with Crippen LogP contribution in [0.2, 0.25) is 0 Å². The lowest BCUT2D eigenvalue weighted by Crippen LogP contribution is -2.03. The minimum absolute atomic E-state index is 0.317. The number of hydrogen-bond donors (Lipinski definition) is 0. The van der Waals surface area contributed by atoms with E-state index in [1.807, 2.05) is 24.3 Å². The molecule has 0 N–H and O–H groups in total. The summed E-state index contributed by atoms with van der Waals surface area (Å²) in [4.78, 5) is 12.0. The van der Waals surface area contributed by atoms with Crippen LogP contribution in [0, 0.1) is 11.3 Å². The quantitative estimate of drug-likeness (QED) is 0.746. The van der Waals surface area contributed by atoms with Crippen LogP contribution in [0.3, 0.4) is 0 Å². The van der Waals surface area contributed by atoms with Gasteiger partial charge in [0.05, 0.1) is 12.2 Å². The first kappa shape index (κ1) is 10.7. The molecule has 16 heavy (non-hydrogen) atoms. The van der Waals surface area contributed by atoms with Gasteiger partial charge in [0.15, 0.2) is 0 Å². The summed E-state index contributed by atoms with van der Waals surface area (Å²) in [6, 6.07) is 9.54. The number of fused-ring (bicyclic) bond motifs is 1. The number of carbonyl (C=O) groups excluding carboxylic acids is 1. The lowest BCUT2D eigenvalue weighted by atomic mass is 10.1. The summed E-state index contributed by atoms with van der Waals surface area (Å²) in [5, 5.41) is 9.89. The van der Waals surface area contributed by atoms with Crippen LogP contribution < -0.4 is 0 Å². The highest BCUT2D eigenvalue weighted by molar-refractivity contribution is 7.21. The molecular weight excluding hydrogens is 222 g/mol. The van der Waals surface area contributed by atoms with Crippen LogP contribution in [-0.2, 0) is 4.74 Å². The Morgan fingerprint density at radius 3 is 2.94 bits per heavy atom. The Morgan fingerprint density at radius 1 is 1.50 bits per heavy atom. The molecule has 0 saturated carbocycles. The van der Waals surface area contributed by atoms with Crippen LogP contribution in [-0.4, -0.2) is 12.6 Å². The fourth-order valence-electron chi connectivity index (χ4n) is 1.50. The average molecular weight is 231 g/mol. The van der Waals surface area contributed by atoms with Gasteiger partial charge in [0.2, 0.25) is 0 Å². The summed E-state index contributed by atoms with van der Waals surface area (Å²) in [7, 11) is 0. The number of esters is 1. The largest absolute Gasteiger partial charge is 0.462 e. The fourth-order valence-corrected chi connectivity index (χ4v) is 2.54. The Labute approximate surface area is 96.9 Å². The molecule has 1 aromatic carbocycles. The molecule has 80 valence electrons. The van der Waals surface area contributed by atoms with Crippen molar-refractivity contribution in [2.45, 2.75) is 6.92 Å². The van der Waals surface area contributed by atoms with Crippen molar-refractivity contribution >= 4 is 27.4 Å². The van der Waals surface area contributed by atoms with Crippen LogP contribution in [0.1, 0.15) is 22.2 Å². The van der Waals surface area contributed by atoms with Crippen molar-refractivity contribution in [3.63, 3.8) is 0 Å². The van der Waals surface area contributed by atoms with E-state index in [0.29, 0.717) is 17.0 Å². The molecule has 0 bridgehead atoms. The summed E-state index contributed by atoms with van der Waals surface area (Å²) in [6.45, 7) is 2.06. The maximum absolute atomic E-state index is 11.6. The van der Waals surface area contributed by atoms with Gasteiger partial charge in [-0.2, -0.15) is 5.26 Å². The smallest absolute Gasteiger partial charge is 0.349 e. The van der Waals surface area contributed by atoms with E-state index in [4.69, 9.17) is 10.00 Å². The molecule has 2 aromatic rings. The number of ether oxygens (including phenoxy) is 1. The van der Waals surface area contributed by atoms with Crippen molar-refractivity contribution in [3.05, 3.63) is 34.7 Å². The molecule has 0 aliphatic heterocycles. The normalized spacial score (nSPS) is 10.0. The van der Waals surface area contributed by atoms with Gasteiger partial charge in [0.1, 0.15) is 10.9 Å². The Bertz CT molecular complexity index is 580. The molecule has 0 fully saturated rings. The minimum atomic E-state index is -0.416. The minimum Gasteiger partial charge on any atom is -0.462 e. The standard InChI is InChI=1S/C12H9NO2S/c1-2-15-12(14)11-9(7-13)8-5-3-4-6-10(8)16-11/h3-6H,2H2,1H3. The summed E-state index contributed by atoms with van der Waals surface area (Å²) in [5.74, 6) is -0.416. The second-order valence-corrected chi connectivity index (χ2v) is 4.19. The predicted molar refractivity (Wildman–Crippen MR) is 62.5 cm³/mol. The zero-order chi connectivity index (χ0) is 11.5. The van der Waals surface area contributed by atoms with Crippen molar-refractivity contribution in [2.75, 3.05) is 6.61 Å². The number of nitrogens with zero attached hydrogens (tertiary/aromatic N) is 1. The third kappa shape index (κ3) is 1.66. The first-order valence-corrected chi connectivity index (χ1v) is 5.68. The van der Waals surface area contributed by atoms with Gasteiger partial charge in [-0.15, -0.1) is 11.3 Å². The first-order valence-electron chi connectivity index (χ1n) is 4.86. The maximum Gasteiger partial charge on any atom is 0.349 e. The van der Waals surface area contributed by atoms with E-state index in [1.54, 1.807) is 6.92 Å². The van der Waals surface area contributed by atoms with E-state index in [0.717, 1.165) is 10.1 Å². The highest BCUT2D eigenvalue weighted by atomic mass is 32.1. The molecule has 0 radical (unpaired) electrons. The van der Waals surface area contributed by atoms with Crippen molar-refractivity contribution < 1.29 is 9.53 Å². The molecule has 0 atom stereocenters. The van der Waals surface area contributed by atoms with Gasteiger partial charge in [0, 0.05) is 10.1 Å². The summed E-state index contributed by atoms with van der Waals surface area (Å²) in [5.41, 5.74) is 0.416. The molecule has 0 unspecified atom stereocenters. The van der Waals surface area contributed by atoms with Gasteiger partial charge in [-0.1, -0.05) is 18.2 Å². The van der Waals surface area contributed by atoms with Gasteiger partial charge in [-0.3, -0.25) is 0 Å².